The van der Waals surface area contributed by atoms with Gasteiger partial charge in [0.2, 0.25) is 5.91 Å². The predicted molar refractivity (Wildman–Crippen MR) is 81.6 cm³/mol. The van der Waals surface area contributed by atoms with Gasteiger partial charge in [0.25, 0.3) is 0 Å². The van der Waals surface area contributed by atoms with Crippen molar-refractivity contribution >= 4 is 5.91 Å². The van der Waals surface area contributed by atoms with Gasteiger partial charge in [-0.2, -0.15) is 5.10 Å². The van der Waals surface area contributed by atoms with Gasteiger partial charge >= 0.3 is 0 Å². The average Bonchev–Trinajstić information content (AvgIpc) is 2.54. The first-order valence-electron chi connectivity index (χ1n) is 7.29. The average molecular weight is 280 g/mol. The van der Waals surface area contributed by atoms with Crippen LogP contribution in [0.3, 0.4) is 0 Å². The summed E-state index contributed by atoms with van der Waals surface area (Å²) in [4.78, 5) is 12.0. The molecule has 1 heterocycles. The molecule has 0 aliphatic rings. The molecule has 1 aromatic rings. The van der Waals surface area contributed by atoms with Crippen molar-refractivity contribution < 1.29 is 4.79 Å². The van der Waals surface area contributed by atoms with Gasteiger partial charge in [-0.3, -0.25) is 9.48 Å². The van der Waals surface area contributed by atoms with E-state index in [1.54, 1.807) is 4.68 Å². The normalized spacial score (nSPS) is 11.7. The first kappa shape index (κ1) is 16.7. The zero-order chi connectivity index (χ0) is 15.3. The minimum absolute atomic E-state index is 0.00355. The SMILES string of the molecule is CCCNCc1c(C)nn(CC(=O)NC(C)(C)C)c1C. The van der Waals surface area contributed by atoms with Crippen LogP contribution in [0, 0.1) is 13.8 Å². The van der Waals surface area contributed by atoms with Gasteiger partial charge in [0.15, 0.2) is 0 Å². The number of hydrogen-bond acceptors (Lipinski definition) is 3. The van der Waals surface area contributed by atoms with E-state index in [9.17, 15) is 4.79 Å². The summed E-state index contributed by atoms with van der Waals surface area (Å²) in [5.74, 6) is -0.00355. The Balaban J connectivity index is 2.72. The summed E-state index contributed by atoms with van der Waals surface area (Å²) < 4.78 is 1.79. The molecule has 1 aromatic heterocycles. The number of rotatable bonds is 6. The topological polar surface area (TPSA) is 59.0 Å². The van der Waals surface area contributed by atoms with E-state index in [0.717, 1.165) is 30.9 Å². The molecule has 0 aliphatic heterocycles. The van der Waals surface area contributed by atoms with Crippen LogP contribution in [0.15, 0.2) is 0 Å². The lowest BCUT2D eigenvalue weighted by Gasteiger charge is -2.20. The molecule has 0 bridgehead atoms. The Hall–Kier alpha value is -1.36. The van der Waals surface area contributed by atoms with Crippen molar-refractivity contribution in [2.45, 2.75) is 66.6 Å². The zero-order valence-electron chi connectivity index (χ0n) is 13.6. The van der Waals surface area contributed by atoms with Crippen LogP contribution in [0.2, 0.25) is 0 Å². The number of nitrogens with zero attached hydrogens (tertiary/aromatic N) is 2. The summed E-state index contributed by atoms with van der Waals surface area (Å²) in [6, 6.07) is 0. The lowest BCUT2D eigenvalue weighted by atomic mass is 10.1. The molecule has 5 nitrogen and oxygen atoms in total. The van der Waals surface area contributed by atoms with E-state index in [1.807, 2.05) is 34.6 Å². The lowest BCUT2D eigenvalue weighted by molar-refractivity contribution is -0.123. The van der Waals surface area contributed by atoms with E-state index < -0.39 is 0 Å². The van der Waals surface area contributed by atoms with Crippen LogP contribution in [-0.2, 0) is 17.9 Å². The van der Waals surface area contributed by atoms with E-state index in [1.165, 1.54) is 5.56 Å². The third-order valence-corrected chi connectivity index (χ3v) is 3.07. The van der Waals surface area contributed by atoms with Crippen LogP contribution in [0.4, 0.5) is 0 Å². The molecule has 0 saturated carbocycles. The van der Waals surface area contributed by atoms with Crippen molar-refractivity contribution in [3.63, 3.8) is 0 Å². The van der Waals surface area contributed by atoms with Crippen LogP contribution in [-0.4, -0.2) is 27.8 Å². The second-order valence-electron chi connectivity index (χ2n) is 6.28. The molecule has 1 rings (SSSR count). The van der Waals surface area contributed by atoms with Crippen LogP contribution in [0.5, 0.6) is 0 Å². The predicted octanol–water partition coefficient (Wildman–Crippen LogP) is 1.91. The zero-order valence-corrected chi connectivity index (χ0v) is 13.6. The van der Waals surface area contributed by atoms with Gasteiger partial charge in [0.05, 0.1) is 5.69 Å². The maximum atomic E-state index is 12.0. The number of hydrogen-bond donors (Lipinski definition) is 2. The van der Waals surface area contributed by atoms with E-state index >= 15 is 0 Å². The van der Waals surface area contributed by atoms with E-state index in [4.69, 9.17) is 0 Å². The summed E-state index contributed by atoms with van der Waals surface area (Å²) in [5, 5.41) is 10.8. The smallest absolute Gasteiger partial charge is 0.242 e. The van der Waals surface area contributed by atoms with E-state index in [2.05, 4.69) is 22.7 Å². The van der Waals surface area contributed by atoms with Crippen LogP contribution >= 0.6 is 0 Å². The number of aryl methyl sites for hydroxylation is 1. The Kier molecular flexibility index (Phi) is 5.74. The van der Waals surface area contributed by atoms with Crippen molar-refractivity contribution in [1.29, 1.82) is 0 Å². The highest BCUT2D eigenvalue weighted by Crippen LogP contribution is 2.13. The van der Waals surface area contributed by atoms with Crippen molar-refractivity contribution in [3.05, 3.63) is 17.0 Å². The monoisotopic (exact) mass is 280 g/mol. The molecule has 0 fully saturated rings. The van der Waals surface area contributed by atoms with Crippen molar-refractivity contribution in [2.75, 3.05) is 6.54 Å². The third kappa shape index (κ3) is 4.96. The van der Waals surface area contributed by atoms with Gasteiger partial charge < -0.3 is 10.6 Å². The highest BCUT2D eigenvalue weighted by molar-refractivity contribution is 5.76. The highest BCUT2D eigenvalue weighted by atomic mass is 16.2. The molecular formula is C15H28N4O. The molecule has 2 N–H and O–H groups in total. The molecule has 1 amide bonds. The molecule has 0 aromatic carbocycles. The lowest BCUT2D eigenvalue weighted by Crippen LogP contribution is -2.42. The van der Waals surface area contributed by atoms with Gasteiger partial charge in [0.1, 0.15) is 6.54 Å². The number of carbonyl (C=O) groups excluding carboxylic acids is 1. The Morgan fingerprint density at radius 1 is 1.30 bits per heavy atom. The first-order valence-corrected chi connectivity index (χ1v) is 7.29. The van der Waals surface area contributed by atoms with Crippen molar-refractivity contribution in [2.24, 2.45) is 0 Å². The summed E-state index contributed by atoms with van der Waals surface area (Å²) in [6.45, 7) is 14.2. The Morgan fingerprint density at radius 3 is 2.50 bits per heavy atom. The Morgan fingerprint density at radius 2 is 1.95 bits per heavy atom. The largest absolute Gasteiger partial charge is 0.350 e. The van der Waals surface area contributed by atoms with Crippen LogP contribution < -0.4 is 10.6 Å². The summed E-state index contributed by atoms with van der Waals surface area (Å²) in [5.41, 5.74) is 3.05. The maximum absolute atomic E-state index is 12.0. The van der Waals surface area contributed by atoms with Crippen LogP contribution in [0.25, 0.3) is 0 Å². The molecule has 0 unspecified atom stereocenters. The van der Waals surface area contributed by atoms with Crippen LogP contribution in [0.1, 0.15) is 51.1 Å². The maximum Gasteiger partial charge on any atom is 0.242 e. The molecule has 5 heteroatoms. The standard InChI is InChI=1S/C15H28N4O/c1-7-8-16-9-13-11(2)18-19(12(13)3)10-14(20)17-15(4,5)6/h16H,7-10H2,1-6H3,(H,17,20). The fraction of sp³-hybridized carbons (Fsp3) is 0.733. The molecule has 0 saturated heterocycles. The van der Waals surface area contributed by atoms with Gasteiger partial charge in [-0.25, -0.2) is 0 Å². The second kappa shape index (κ2) is 6.88. The fourth-order valence-corrected chi connectivity index (χ4v) is 2.13. The van der Waals surface area contributed by atoms with Crippen molar-refractivity contribution in [3.8, 4) is 0 Å². The van der Waals surface area contributed by atoms with Gasteiger partial charge in [0, 0.05) is 23.3 Å². The Labute approximate surface area is 122 Å². The molecule has 0 aliphatic carbocycles. The van der Waals surface area contributed by atoms with Crippen molar-refractivity contribution in [1.82, 2.24) is 20.4 Å². The Bertz CT molecular complexity index is 457. The second-order valence-corrected chi connectivity index (χ2v) is 6.28. The summed E-state index contributed by atoms with van der Waals surface area (Å²) in [6.07, 6.45) is 1.11. The van der Waals surface area contributed by atoms with Gasteiger partial charge in [-0.05, 0) is 47.6 Å². The number of amides is 1. The number of nitrogens with one attached hydrogen (secondary N) is 2. The molecule has 114 valence electrons. The fourth-order valence-electron chi connectivity index (χ4n) is 2.13. The van der Waals surface area contributed by atoms with Gasteiger partial charge in [-0.1, -0.05) is 6.92 Å². The van der Waals surface area contributed by atoms with Gasteiger partial charge in [-0.15, -0.1) is 0 Å². The minimum atomic E-state index is -0.210. The minimum Gasteiger partial charge on any atom is -0.350 e. The highest BCUT2D eigenvalue weighted by Gasteiger charge is 2.17. The molecule has 0 spiro atoms. The summed E-state index contributed by atoms with van der Waals surface area (Å²) in [7, 11) is 0. The molecule has 0 atom stereocenters. The third-order valence-electron chi connectivity index (χ3n) is 3.07. The molecule has 20 heavy (non-hydrogen) atoms. The van der Waals surface area contributed by atoms with E-state index in [-0.39, 0.29) is 18.0 Å². The quantitative estimate of drug-likeness (QED) is 0.783. The first-order chi connectivity index (χ1) is 9.24. The van der Waals surface area contributed by atoms with E-state index in [0.29, 0.717) is 0 Å². The number of aromatic nitrogens is 2. The molecular weight excluding hydrogens is 252 g/mol. The number of carbonyl (C=O) groups is 1. The molecule has 0 radical (unpaired) electrons. The summed E-state index contributed by atoms with van der Waals surface area (Å²) >= 11 is 0.